The number of benzene rings is 3. The highest BCUT2D eigenvalue weighted by Crippen LogP contribution is 2.30. The summed E-state index contributed by atoms with van der Waals surface area (Å²) < 4.78 is 6.77. The van der Waals surface area contributed by atoms with Crippen LogP contribution in [0.15, 0.2) is 72.8 Å². The van der Waals surface area contributed by atoms with Gasteiger partial charge in [0.15, 0.2) is 5.13 Å². The van der Waals surface area contributed by atoms with E-state index >= 15 is 0 Å². The second-order valence-corrected chi connectivity index (χ2v) is 6.96. The number of rotatable bonds is 4. The van der Waals surface area contributed by atoms with Crippen LogP contribution in [0.25, 0.3) is 10.2 Å². The molecule has 0 saturated heterocycles. The number of ether oxygens (including phenoxy) is 1. The van der Waals surface area contributed by atoms with E-state index in [2.05, 4.69) is 10.3 Å². The van der Waals surface area contributed by atoms with Crippen LogP contribution >= 0.6 is 22.9 Å². The van der Waals surface area contributed by atoms with Crippen molar-refractivity contribution in [2.24, 2.45) is 0 Å². The van der Waals surface area contributed by atoms with E-state index < -0.39 is 0 Å². The van der Waals surface area contributed by atoms with E-state index in [-0.39, 0.29) is 5.91 Å². The summed E-state index contributed by atoms with van der Waals surface area (Å²) >= 11 is 7.38. The average molecular weight is 381 g/mol. The Kier molecular flexibility index (Phi) is 4.56. The number of hydrogen-bond acceptors (Lipinski definition) is 4. The largest absolute Gasteiger partial charge is 0.457 e. The molecule has 1 amide bonds. The summed E-state index contributed by atoms with van der Waals surface area (Å²) in [6.45, 7) is 0. The van der Waals surface area contributed by atoms with Crippen LogP contribution in [0.1, 0.15) is 10.4 Å². The summed E-state index contributed by atoms with van der Waals surface area (Å²) in [5, 5.41) is 3.99. The molecular weight excluding hydrogens is 368 g/mol. The highest BCUT2D eigenvalue weighted by atomic mass is 35.5. The number of carbonyl (C=O) groups is 1. The number of halogens is 1. The van der Waals surface area contributed by atoms with Gasteiger partial charge in [0.2, 0.25) is 0 Å². The maximum Gasteiger partial charge on any atom is 0.261 e. The number of amides is 1. The van der Waals surface area contributed by atoms with Gasteiger partial charge in [0.25, 0.3) is 5.91 Å². The Labute approximate surface area is 159 Å². The lowest BCUT2D eigenvalue weighted by molar-refractivity contribution is 0.102. The molecule has 3 aromatic carbocycles. The van der Waals surface area contributed by atoms with Crippen LogP contribution < -0.4 is 10.1 Å². The summed E-state index contributed by atoms with van der Waals surface area (Å²) in [5.74, 6) is 0.879. The maximum atomic E-state index is 12.7. The quantitative estimate of drug-likeness (QED) is 0.472. The fraction of sp³-hybridized carbons (Fsp3) is 0. The Morgan fingerprint density at radius 2 is 1.77 bits per heavy atom. The Bertz CT molecular complexity index is 1080. The van der Waals surface area contributed by atoms with Gasteiger partial charge in [0, 0.05) is 5.02 Å². The van der Waals surface area contributed by atoms with Gasteiger partial charge < -0.3 is 4.74 Å². The summed E-state index contributed by atoms with van der Waals surface area (Å²) in [4.78, 5) is 17.1. The minimum absolute atomic E-state index is 0.276. The number of thiazole rings is 1. The van der Waals surface area contributed by atoms with E-state index in [9.17, 15) is 4.79 Å². The molecule has 0 bridgehead atoms. The molecule has 26 heavy (non-hydrogen) atoms. The molecule has 0 saturated carbocycles. The van der Waals surface area contributed by atoms with Gasteiger partial charge in [-0.25, -0.2) is 4.98 Å². The van der Waals surface area contributed by atoms with Crippen LogP contribution in [0.2, 0.25) is 5.02 Å². The first-order valence-electron chi connectivity index (χ1n) is 7.88. The van der Waals surface area contributed by atoms with Crippen molar-refractivity contribution >= 4 is 44.2 Å². The monoisotopic (exact) mass is 380 g/mol. The van der Waals surface area contributed by atoms with Crippen LogP contribution in [0.3, 0.4) is 0 Å². The zero-order valence-electron chi connectivity index (χ0n) is 13.5. The second kappa shape index (κ2) is 7.15. The third kappa shape index (κ3) is 3.54. The predicted octanol–water partition coefficient (Wildman–Crippen LogP) is 5.99. The molecular formula is C20H13ClN2O2S. The minimum Gasteiger partial charge on any atom is -0.457 e. The average Bonchev–Trinajstić information content (AvgIpc) is 3.04. The lowest BCUT2D eigenvalue weighted by atomic mass is 10.2. The number of anilines is 1. The van der Waals surface area contributed by atoms with Crippen molar-refractivity contribution in [2.75, 3.05) is 5.32 Å². The summed E-state index contributed by atoms with van der Waals surface area (Å²) in [6.07, 6.45) is 0. The molecule has 4 aromatic rings. The van der Waals surface area contributed by atoms with Gasteiger partial charge in [0.1, 0.15) is 11.5 Å². The van der Waals surface area contributed by atoms with E-state index in [0.717, 1.165) is 10.2 Å². The van der Waals surface area contributed by atoms with E-state index in [1.807, 2.05) is 48.5 Å². The molecule has 4 nitrogen and oxygen atoms in total. The first-order chi connectivity index (χ1) is 12.7. The molecule has 4 rings (SSSR count). The van der Waals surface area contributed by atoms with Crippen molar-refractivity contribution in [2.45, 2.75) is 0 Å². The van der Waals surface area contributed by atoms with Crippen molar-refractivity contribution in [3.05, 3.63) is 83.4 Å². The minimum atomic E-state index is -0.276. The van der Waals surface area contributed by atoms with E-state index in [1.165, 1.54) is 11.3 Å². The Hall–Kier alpha value is -2.89. The number of nitrogens with zero attached hydrogens (tertiary/aromatic N) is 1. The molecule has 0 aliphatic heterocycles. The fourth-order valence-electron chi connectivity index (χ4n) is 2.48. The first-order valence-corrected chi connectivity index (χ1v) is 9.08. The molecule has 6 heteroatoms. The van der Waals surface area contributed by atoms with E-state index in [1.54, 1.807) is 24.3 Å². The van der Waals surface area contributed by atoms with Gasteiger partial charge in [-0.2, -0.15) is 0 Å². The van der Waals surface area contributed by atoms with Gasteiger partial charge in [-0.1, -0.05) is 53.3 Å². The van der Waals surface area contributed by atoms with Crippen LogP contribution in [0, 0.1) is 0 Å². The fourth-order valence-corrected chi connectivity index (χ4v) is 3.61. The highest BCUT2D eigenvalue weighted by molar-refractivity contribution is 7.22. The summed E-state index contributed by atoms with van der Waals surface area (Å²) in [7, 11) is 0. The zero-order chi connectivity index (χ0) is 17.9. The van der Waals surface area contributed by atoms with Gasteiger partial charge in [-0.3, -0.25) is 10.1 Å². The van der Waals surface area contributed by atoms with Gasteiger partial charge >= 0.3 is 0 Å². The topological polar surface area (TPSA) is 51.2 Å². The lowest BCUT2D eigenvalue weighted by Gasteiger charge is -2.10. The van der Waals surface area contributed by atoms with Crippen molar-refractivity contribution in [1.82, 2.24) is 4.98 Å². The smallest absolute Gasteiger partial charge is 0.261 e. The van der Waals surface area contributed by atoms with Gasteiger partial charge in [-0.05, 0) is 42.5 Å². The van der Waals surface area contributed by atoms with Crippen LogP contribution in [0.4, 0.5) is 5.13 Å². The van der Waals surface area contributed by atoms with Crippen LogP contribution in [0.5, 0.6) is 11.5 Å². The van der Waals surface area contributed by atoms with Crippen molar-refractivity contribution in [3.63, 3.8) is 0 Å². The SMILES string of the molecule is O=C(Nc1nc2ccc(Cl)cc2s1)c1ccccc1Oc1ccccc1. The molecule has 0 atom stereocenters. The molecule has 0 unspecified atom stereocenters. The molecule has 128 valence electrons. The molecule has 1 aromatic heterocycles. The lowest BCUT2D eigenvalue weighted by Crippen LogP contribution is -2.12. The highest BCUT2D eigenvalue weighted by Gasteiger charge is 2.15. The number of aromatic nitrogens is 1. The number of para-hydroxylation sites is 2. The molecule has 0 radical (unpaired) electrons. The van der Waals surface area contributed by atoms with Crippen molar-refractivity contribution in [1.29, 1.82) is 0 Å². The maximum absolute atomic E-state index is 12.7. The van der Waals surface area contributed by atoms with Gasteiger partial charge in [0.05, 0.1) is 15.8 Å². The molecule has 0 aliphatic rings. The number of fused-ring (bicyclic) bond motifs is 1. The first kappa shape index (κ1) is 16.6. The summed E-state index contributed by atoms with van der Waals surface area (Å²) in [5.41, 5.74) is 1.23. The van der Waals surface area contributed by atoms with Crippen molar-refractivity contribution in [3.8, 4) is 11.5 Å². The zero-order valence-corrected chi connectivity index (χ0v) is 15.1. The number of hydrogen-bond donors (Lipinski definition) is 1. The molecule has 0 aliphatic carbocycles. The third-order valence-electron chi connectivity index (χ3n) is 3.67. The standard InChI is InChI=1S/C20H13ClN2O2S/c21-13-10-11-16-18(12-13)26-20(22-16)23-19(24)15-8-4-5-9-17(15)25-14-6-2-1-3-7-14/h1-12H,(H,22,23,24). The third-order valence-corrected chi connectivity index (χ3v) is 4.84. The van der Waals surface area contributed by atoms with Crippen molar-refractivity contribution < 1.29 is 9.53 Å². The van der Waals surface area contributed by atoms with E-state index in [4.69, 9.17) is 16.3 Å². The normalized spacial score (nSPS) is 10.7. The molecule has 0 fully saturated rings. The number of nitrogens with one attached hydrogen (secondary N) is 1. The number of carbonyl (C=O) groups excluding carboxylic acids is 1. The predicted molar refractivity (Wildman–Crippen MR) is 106 cm³/mol. The molecule has 1 heterocycles. The molecule has 1 N–H and O–H groups in total. The molecule has 0 spiro atoms. The Morgan fingerprint density at radius 3 is 2.62 bits per heavy atom. The Morgan fingerprint density at radius 1 is 1.00 bits per heavy atom. The summed E-state index contributed by atoms with van der Waals surface area (Å²) in [6, 6.07) is 21.9. The van der Waals surface area contributed by atoms with Gasteiger partial charge in [-0.15, -0.1) is 0 Å². The van der Waals surface area contributed by atoms with Crippen LogP contribution in [-0.4, -0.2) is 10.9 Å². The van der Waals surface area contributed by atoms with Crippen LogP contribution in [-0.2, 0) is 0 Å². The van der Waals surface area contributed by atoms with E-state index in [0.29, 0.717) is 27.2 Å². The second-order valence-electron chi connectivity index (χ2n) is 5.50. The Balaban J connectivity index is 1.59.